The van der Waals surface area contributed by atoms with Gasteiger partial charge in [0.25, 0.3) is 0 Å². The molecular weight excluding hydrogens is 1410 g/mol. The third-order valence-corrected chi connectivity index (χ3v) is 20.3. The second-order valence-electron chi connectivity index (χ2n) is 28.9. The van der Waals surface area contributed by atoms with Gasteiger partial charge in [0, 0.05) is 39.1 Å². The first-order valence-electron chi connectivity index (χ1n) is 42.3. The molecule has 0 saturated heterocycles. The van der Waals surface area contributed by atoms with Crippen LogP contribution in [0.3, 0.4) is 0 Å². The Morgan fingerprint density at radius 1 is 0.346 bits per heavy atom. The molecule has 0 rings (SSSR count). The highest BCUT2D eigenvalue weighted by molar-refractivity contribution is 7.47. The fraction of sp³-hybridized carbons (Fsp3) is 0.877. The second-order valence-corrected chi connectivity index (χ2v) is 31.8. The van der Waals surface area contributed by atoms with E-state index in [-0.39, 0.29) is 77.1 Å². The zero-order valence-electron chi connectivity index (χ0n) is 67.7. The van der Waals surface area contributed by atoms with Crippen molar-refractivity contribution in [1.82, 2.24) is 21.3 Å². The Kier molecular flexibility index (Phi) is 71.3. The first-order valence-corrected chi connectivity index (χ1v) is 45.3. The fourth-order valence-electron chi connectivity index (χ4n) is 11.9. The van der Waals surface area contributed by atoms with Crippen molar-refractivity contribution >= 4 is 51.2 Å². The second kappa shape index (κ2) is 73.8. The van der Waals surface area contributed by atoms with Crippen molar-refractivity contribution in [2.24, 2.45) is 0 Å². The molecule has 0 bridgehead atoms. The van der Waals surface area contributed by atoms with E-state index in [0.29, 0.717) is 51.4 Å². The standard InChI is InChI=1S/C81H154N4O20P2/c1-7-13-19-25-28-31-34-40-46-52-75(105-81(93)54-48-42-36-33-30-27-21-15-9-3)64-79(91)85-71(67-99-60-56-73(87)50-44-38-23-17-11-5)69-103-107(96,97)101-62-58-83-77(89)65-76(88)82-57-61-100-106(94,95)102-68-70(66-98-59-55-72(86)49-43-37-22-16-10-4)84-78(90)63-74(51-45-39-24-18-12-6)104-80(92)53-47-41-35-32-29-26-20-14-8-2/h32-33,35-36,70-75,86-87H,7-31,34,37-69H2,1-6H3,(H,82,88)(H,83,89)(H,84,90)(H,85,91)(H,94,95)(H,96,97)/t70?,71?,72-,73-,74?,75-/m1/s1. The number of phosphoric ester groups is 2. The minimum absolute atomic E-state index is 0.143. The van der Waals surface area contributed by atoms with Crippen LogP contribution in [0, 0.1) is 0 Å². The molecule has 8 atom stereocenters. The van der Waals surface area contributed by atoms with Crippen LogP contribution in [-0.4, -0.2) is 158 Å². The molecule has 0 spiro atoms. The highest BCUT2D eigenvalue weighted by atomic mass is 31.2. The van der Waals surface area contributed by atoms with Crippen LogP contribution in [0.5, 0.6) is 0 Å². The van der Waals surface area contributed by atoms with Gasteiger partial charge in [-0.25, -0.2) is 9.13 Å². The summed E-state index contributed by atoms with van der Waals surface area (Å²) in [5.74, 6) is -3.29. The molecule has 0 radical (unpaired) electrons. The molecule has 26 heteroatoms. The van der Waals surface area contributed by atoms with Gasteiger partial charge in [-0.1, -0.05) is 246 Å². The molecule has 5 unspecified atom stereocenters. The summed E-state index contributed by atoms with van der Waals surface area (Å²) >= 11 is 0. The molecule has 0 aromatic carbocycles. The molecule has 0 aromatic rings. The van der Waals surface area contributed by atoms with Crippen LogP contribution in [0.4, 0.5) is 0 Å². The van der Waals surface area contributed by atoms with E-state index in [1.807, 2.05) is 0 Å². The summed E-state index contributed by atoms with van der Waals surface area (Å²) in [6.45, 7) is 10.2. The van der Waals surface area contributed by atoms with Crippen molar-refractivity contribution in [2.45, 2.75) is 393 Å². The number of carbonyl (C=O) groups excluding carboxylic acids is 6. The monoisotopic (exact) mass is 1570 g/mol. The Labute approximate surface area is 647 Å². The zero-order chi connectivity index (χ0) is 79.0. The first-order chi connectivity index (χ1) is 51.7. The number of aliphatic hydroxyl groups is 2. The molecule has 0 saturated carbocycles. The summed E-state index contributed by atoms with van der Waals surface area (Å²) in [5, 5.41) is 31.7. The van der Waals surface area contributed by atoms with Crippen LogP contribution in [0.15, 0.2) is 24.3 Å². The number of esters is 2. The molecule has 0 aliphatic rings. The third kappa shape index (κ3) is 71.2. The van der Waals surface area contributed by atoms with E-state index in [0.717, 1.165) is 161 Å². The Balaban J connectivity index is 5.70. The summed E-state index contributed by atoms with van der Waals surface area (Å²) in [6, 6.07) is -1.92. The number of ether oxygens (including phenoxy) is 4. The van der Waals surface area contributed by atoms with Gasteiger partial charge in [-0.15, -0.1) is 0 Å². The number of rotatable bonds is 80. The van der Waals surface area contributed by atoms with Crippen molar-refractivity contribution in [3.63, 3.8) is 0 Å². The predicted molar refractivity (Wildman–Crippen MR) is 425 cm³/mol. The van der Waals surface area contributed by atoms with Crippen molar-refractivity contribution in [3.05, 3.63) is 24.3 Å². The van der Waals surface area contributed by atoms with E-state index in [4.69, 9.17) is 37.0 Å². The number of carbonyl (C=O) groups is 6. The summed E-state index contributed by atoms with van der Waals surface area (Å²) in [7, 11) is -9.63. The third-order valence-electron chi connectivity index (χ3n) is 18.4. The highest BCUT2D eigenvalue weighted by Crippen LogP contribution is 2.44. The molecule has 0 aliphatic carbocycles. The molecule has 107 heavy (non-hydrogen) atoms. The van der Waals surface area contributed by atoms with E-state index in [2.05, 4.69) is 87.1 Å². The van der Waals surface area contributed by atoms with E-state index in [9.17, 15) is 57.9 Å². The van der Waals surface area contributed by atoms with Crippen LogP contribution >= 0.6 is 15.6 Å². The minimum atomic E-state index is -4.82. The SMILES string of the molecule is CCCCCCC=CCCCC(=O)OC(CCCCCCC)CC(=O)NC(COCC[C@H](O)CCCCCCC)COP(=O)(O)OCCNC(=O)CC(=O)NCCOP(=O)(O)OCC(COCC[C@H](O)CCCCCCC)NC(=O)C[C@@H](CCCCCCCCCCC)OC(=O)CCCC=CCCCCCC. The number of nitrogens with one attached hydrogen (secondary N) is 4. The Morgan fingerprint density at radius 2 is 0.645 bits per heavy atom. The maximum atomic E-state index is 13.8. The van der Waals surface area contributed by atoms with Gasteiger partial charge in [0.05, 0.1) is 76.8 Å². The van der Waals surface area contributed by atoms with Crippen molar-refractivity contribution in [1.29, 1.82) is 0 Å². The molecule has 4 amide bonds. The molecular formula is C81H154N4O20P2. The van der Waals surface area contributed by atoms with Gasteiger partial charge in [-0.05, 0) is 103 Å². The largest absolute Gasteiger partial charge is 0.472 e. The maximum absolute atomic E-state index is 13.8. The number of allylic oxidation sites excluding steroid dienone is 4. The first kappa shape index (κ1) is 103. The number of hydrogen-bond donors (Lipinski definition) is 8. The van der Waals surface area contributed by atoms with Crippen LogP contribution in [0.25, 0.3) is 0 Å². The Bertz CT molecular complexity index is 2320. The predicted octanol–water partition coefficient (Wildman–Crippen LogP) is 17.4. The lowest BCUT2D eigenvalue weighted by Crippen LogP contribution is -2.43. The van der Waals surface area contributed by atoms with Crippen molar-refractivity contribution in [2.75, 3.05) is 65.9 Å². The lowest BCUT2D eigenvalue weighted by atomic mass is 10.0. The van der Waals surface area contributed by atoms with Gasteiger partial charge in [-0.3, -0.25) is 46.9 Å². The molecule has 8 N–H and O–H groups in total. The number of aliphatic hydroxyl groups excluding tert-OH is 2. The molecule has 0 aromatic heterocycles. The number of unbranched alkanes of at least 4 members (excludes halogenated alkanes) is 30. The highest BCUT2D eigenvalue weighted by Gasteiger charge is 2.29. The van der Waals surface area contributed by atoms with Gasteiger partial charge < -0.3 is 60.2 Å². The van der Waals surface area contributed by atoms with Gasteiger partial charge in [0.15, 0.2) is 0 Å². The molecule has 0 aliphatic heterocycles. The lowest BCUT2D eigenvalue weighted by molar-refractivity contribution is -0.152. The quantitative estimate of drug-likeness (QED) is 0.00922. The van der Waals surface area contributed by atoms with Crippen LogP contribution in [-0.2, 0) is 74.9 Å². The average Bonchev–Trinajstić information content (AvgIpc) is 0.919. The Hall–Kier alpha value is -3.64. The van der Waals surface area contributed by atoms with Crippen LogP contribution in [0.1, 0.15) is 356 Å². The van der Waals surface area contributed by atoms with Gasteiger partial charge in [-0.2, -0.15) is 0 Å². The van der Waals surface area contributed by atoms with Gasteiger partial charge in [0.2, 0.25) is 23.6 Å². The van der Waals surface area contributed by atoms with Gasteiger partial charge >= 0.3 is 27.6 Å². The van der Waals surface area contributed by atoms with Gasteiger partial charge in [0.1, 0.15) is 18.6 Å². The fourth-order valence-corrected chi connectivity index (χ4v) is 13.5. The number of hydrogen-bond acceptors (Lipinski definition) is 18. The smallest absolute Gasteiger partial charge is 0.462 e. The van der Waals surface area contributed by atoms with E-state index in [1.165, 1.54) is 70.6 Å². The molecule has 0 heterocycles. The van der Waals surface area contributed by atoms with Crippen molar-refractivity contribution < 1.29 is 94.9 Å². The van der Waals surface area contributed by atoms with E-state index < -0.39 is 109 Å². The maximum Gasteiger partial charge on any atom is 0.472 e. The molecule has 24 nitrogen and oxygen atoms in total. The summed E-state index contributed by atoms with van der Waals surface area (Å²) in [4.78, 5) is 101. The summed E-state index contributed by atoms with van der Waals surface area (Å²) in [5.41, 5.74) is 0. The topological polar surface area (TPSA) is 339 Å². The zero-order valence-corrected chi connectivity index (χ0v) is 69.5. The van der Waals surface area contributed by atoms with Crippen LogP contribution in [0.2, 0.25) is 0 Å². The number of phosphoric acid groups is 2. The van der Waals surface area contributed by atoms with Crippen molar-refractivity contribution in [3.8, 4) is 0 Å². The van der Waals surface area contributed by atoms with E-state index >= 15 is 0 Å². The molecule has 0 fully saturated rings. The summed E-state index contributed by atoms with van der Waals surface area (Å²) < 4.78 is 70.8. The average molecular weight is 1570 g/mol. The summed E-state index contributed by atoms with van der Waals surface area (Å²) in [6.07, 6.45) is 47.7. The van der Waals surface area contributed by atoms with Crippen LogP contribution < -0.4 is 21.3 Å². The van der Waals surface area contributed by atoms with E-state index in [1.54, 1.807) is 0 Å². The minimum Gasteiger partial charge on any atom is -0.462 e. The Morgan fingerprint density at radius 3 is 0.981 bits per heavy atom. The lowest BCUT2D eigenvalue weighted by Gasteiger charge is -2.23. The normalized spacial score (nSPS) is 14.6. The molecule has 628 valence electrons. The number of amides is 4.